The number of nitrogens with two attached hydrogens (primary N) is 1. The second-order valence-electron chi connectivity index (χ2n) is 6.50. The zero-order chi connectivity index (χ0) is 16.7. The second-order valence-corrected chi connectivity index (χ2v) is 6.50. The van der Waals surface area contributed by atoms with Gasteiger partial charge in [-0.25, -0.2) is 0 Å². The van der Waals surface area contributed by atoms with Crippen LogP contribution < -0.4 is 16.4 Å². The van der Waals surface area contributed by atoms with Gasteiger partial charge < -0.3 is 16.4 Å². The van der Waals surface area contributed by atoms with Crippen LogP contribution in [0.2, 0.25) is 0 Å². The summed E-state index contributed by atoms with van der Waals surface area (Å²) in [5, 5.41) is 5.56. The molecule has 0 unspecified atom stereocenters. The fourth-order valence-corrected chi connectivity index (χ4v) is 3.33. The summed E-state index contributed by atoms with van der Waals surface area (Å²) in [4.78, 5) is 23.9. The lowest BCUT2D eigenvalue weighted by molar-refractivity contribution is -0.124. The Hall–Kier alpha value is -1.88. The van der Waals surface area contributed by atoms with Crippen LogP contribution in [-0.4, -0.2) is 25.4 Å². The first-order chi connectivity index (χ1) is 11.1. The van der Waals surface area contributed by atoms with E-state index in [0.29, 0.717) is 25.1 Å². The molecule has 0 heterocycles. The Morgan fingerprint density at radius 2 is 1.96 bits per heavy atom. The molecular weight excluding hydrogens is 290 g/mol. The van der Waals surface area contributed by atoms with E-state index in [4.69, 9.17) is 5.73 Å². The molecule has 5 nitrogen and oxygen atoms in total. The lowest BCUT2D eigenvalue weighted by Gasteiger charge is -2.35. The highest BCUT2D eigenvalue weighted by atomic mass is 16.2. The van der Waals surface area contributed by atoms with E-state index in [1.807, 2.05) is 12.1 Å². The molecule has 0 saturated heterocycles. The molecular formula is C18H27N3O2. The summed E-state index contributed by atoms with van der Waals surface area (Å²) in [5.41, 5.74) is 7.44. The largest absolute Gasteiger partial charge is 0.355 e. The zero-order valence-electron chi connectivity index (χ0n) is 13.9. The third kappa shape index (κ3) is 4.79. The maximum absolute atomic E-state index is 12.3. The van der Waals surface area contributed by atoms with Gasteiger partial charge in [0.1, 0.15) is 0 Å². The minimum Gasteiger partial charge on any atom is -0.355 e. The van der Waals surface area contributed by atoms with Crippen molar-refractivity contribution in [1.29, 1.82) is 0 Å². The van der Waals surface area contributed by atoms with E-state index in [9.17, 15) is 9.59 Å². The second kappa shape index (κ2) is 8.11. The van der Waals surface area contributed by atoms with Gasteiger partial charge in [0.05, 0.1) is 0 Å². The Morgan fingerprint density at radius 3 is 2.61 bits per heavy atom. The average molecular weight is 317 g/mol. The van der Waals surface area contributed by atoms with E-state index in [1.165, 1.54) is 19.3 Å². The van der Waals surface area contributed by atoms with Crippen LogP contribution in [0, 0.1) is 5.41 Å². The van der Waals surface area contributed by atoms with Gasteiger partial charge in [-0.3, -0.25) is 9.59 Å². The van der Waals surface area contributed by atoms with Crippen molar-refractivity contribution >= 4 is 11.8 Å². The molecule has 1 fully saturated rings. The molecule has 4 N–H and O–H groups in total. The van der Waals surface area contributed by atoms with Crippen molar-refractivity contribution < 1.29 is 9.59 Å². The van der Waals surface area contributed by atoms with Crippen LogP contribution in [0.4, 0.5) is 0 Å². The summed E-state index contributed by atoms with van der Waals surface area (Å²) < 4.78 is 0. The van der Waals surface area contributed by atoms with E-state index >= 15 is 0 Å². The van der Waals surface area contributed by atoms with E-state index < -0.39 is 0 Å². The van der Waals surface area contributed by atoms with Gasteiger partial charge in [0.15, 0.2) is 0 Å². The number of hydrogen-bond donors (Lipinski definition) is 3. The number of carbonyl (C=O) groups excluding carboxylic acids is 2. The van der Waals surface area contributed by atoms with Gasteiger partial charge in [0.25, 0.3) is 5.91 Å². The van der Waals surface area contributed by atoms with Crippen molar-refractivity contribution in [3.63, 3.8) is 0 Å². The Balaban J connectivity index is 1.90. The first kappa shape index (κ1) is 17.5. The van der Waals surface area contributed by atoms with Crippen molar-refractivity contribution in [2.75, 3.05) is 13.6 Å². The number of benzene rings is 1. The van der Waals surface area contributed by atoms with Crippen LogP contribution in [-0.2, 0) is 11.3 Å². The Labute approximate surface area is 138 Å². The number of rotatable bonds is 6. The molecule has 23 heavy (non-hydrogen) atoms. The van der Waals surface area contributed by atoms with Crippen molar-refractivity contribution in [2.45, 2.75) is 45.1 Å². The van der Waals surface area contributed by atoms with Crippen LogP contribution in [0.25, 0.3) is 0 Å². The molecule has 2 amide bonds. The van der Waals surface area contributed by atoms with Gasteiger partial charge in [0.2, 0.25) is 5.91 Å². The molecule has 1 aliphatic rings. The SMILES string of the molecule is CNC(=O)c1cccc(CNC(=O)CC2(CN)CCCCC2)c1. The number of carbonyl (C=O) groups is 2. The normalized spacial score (nSPS) is 16.6. The maximum Gasteiger partial charge on any atom is 0.251 e. The van der Waals surface area contributed by atoms with Gasteiger partial charge in [0, 0.05) is 25.6 Å². The highest BCUT2D eigenvalue weighted by Crippen LogP contribution is 2.38. The highest BCUT2D eigenvalue weighted by Gasteiger charge is 2.32. The van der Waals surface area contributed by atoms with Crippen molar-refractivity contribution in [3.05, 3.63) is 35.4 Å². The Morgan fingerprint density at radius 1 is 1.22 bits per heavy atom. The van der Waals surface area contributed by atoms with E-state index in [1.54, 1.807) is 19.2 Å². The molecule has 126 valence electrons. The van der Waals surface area contributed by atoms with E-state index in [2.05, 4.69) is 10.6 Å². The monoisotopic (exact) mass is 317 g/mol. The summed E-state index contributed by atoms with van der Waals surface area (Å²) in [6.45, 7) is 1.01. The van der Waals surface area contributed by atoms with Gasteiger partial charge >= 0.3 is 0 Å². The van der Waals surface area contributed by atoms with Crippen LogP contribution >= 0.6 is 0 Å². The molecule has 1 aromatic rings. The maximum atomic E-state index is 12.3. The number of amides is 2. The Kier molecular flexibility index (Phi) is 6.16. The third-order valence-corrected chi connectivity index (χ3v) is 4.79. The minimum atomic E-state index is -0.123. The van der Waals surface area contributed by atoms with Gasteiger partial charge in [-0.15, -0.1) is 0 Å². The smallest absolute Gasteiger partial charge is 0.251 e. The number of nitrogens with one attached hydrogen (secondary N) is 2. The molecule has 5 heteroatoms. The molecule has 2 rings (SSSR count). The summed E-state index contributed by atoms with van der Waals surface area (Å²) in [6, 6.07) is 7.30. The van der Waals surface area contributed by atoms with Crippen molar-refractivity contribution in [2.24, 2.45) is 11.1 Å². The summed E-state index contributed by atoms with van der Waals surface area (Å²) in [6.07, 6.45) is 6.16. The molecule has 0 atom stereocenters. The van der Waals surface area contributed by atoms with Crippen LogP contribution in [0.5, 0.6) is 0 Å². The molecule has 1 saturated carbocycles. The molecule has 0 aliphatic heterocycles. The number of hydrogen-bond acceptors (Lipinski definition) is 3. The molecule has 0 radical (unpaired) electrons. The van der Waals surface area contributed by atoms with Gasteiger partial charge in [-0.1, -0.05) is 31.4 Å². The molecule has 0 bridgehead atoms. The molecule has 1 aromatic carbocycles. The average Bonchev–Trinajstić information content (AvgIpc) is 2.60. The molecule has 1 aliphatic carbocycles. The predicted octanol–water partition coefficient (Wildman–Crippen LogP) is 1.96. The van der Waals surface area contributed by atoms with Gasteiger partial charge in [-0.2, -0.15) is 0 Å². The lowest BCUT2D eigenvalue weighted by Crippen LogP contribution is -2.38. The zero-order valence-corrected chi connectivity index (χ0v) is 13.9. The van der Waals surface area contributed by atoms with E-state index in [-0.39, 0.29) is 17.2 Å². The van der Waals surface area contributed by atoms with E-state index in [0.717, 1.165) is 18.4 Å². The first-order valence-electron chi connectivity index (χ1n) is 8.36. The van der Waals surface area contributed by atoms with Crippen molar-refractivity contribution in [1.82, 2.24) is 10.6 Å². The summed E-state index contributed by atoms with van der Waals surface area (Å²) in [7, 11) is 1.60. The minimum absolute atomic E-state index is 0.0215. The molecule has 0 aromatic heterocycles. The summed E-state index contributed by atoms with van der Waals surface area (Å²) in [5.74, 6) is -0.0786. The van der Waals surface area contributed by atoms with Gasteiger partial charge in [-0.05, 0) is 42.5 Å². The topological polar surface area (TPSA) is 84.2 Å². The van der Waals surface area contributed by atoms with Crippen LogP contribution in [0.15, 0.2) is 24.3 Å². The fourth-order valence-electron chi connectivity index (χ4n) is 3.33. The quantitative estimate of drug-likeness (QED) is 0.750. The highest BCUT2D eigenvalue weighted by molar-refractivity contribution is 5.94. The van der Waals surface area contributed by atoms with Crippen LogP contribution in [0.1, 0.15) is 54.4 Å². The predicted molar refractivity (Wildman–Crippen MR) is 90.9 cm³/mol. The lowest BCUT2D eigenvalue weighted by atomic mass is 9.71. The fraction of sp³-hybridized carbons (Fsp3) is 0.556. The van der Waals surface area contributed by atoms with Crippen molar-refractivity contribution in [3.8, 4) is 0 Å². The standard InChI is InChI=1S/C18H27N3O2/c1-20-17(23)15-7-5-6-14(10-15)12-21-16(22)11-18(13-19)8-3-2-4-9-18/h5-7,10H,2-4,8-9,11-13,19H2,1H3,(H,20,23)(H,21,22). The molecule has 0 spiro atoms. The third-order valence-electron chi connectivity index (χ3n) is 4.79. The summed E-state index contributed by atoms with van der Waals surface area (Å²) >= 11 is 0. The first-order valence-corrected chi connectivity index (χ1v) is 8.36. The van der Waals surface area contributed by atoms with Crippen LogP contribution in [0.3, 0.4) is 0 Å². The Bertz CT molecular complexity index is 551.